The largest absolute Gasteiger partial charge is 0.378 e. The van der Waals surface area contributed by atoms with Gasteiger partial charge in [-0.1, -0.05) is 0 Å². The zero-order valence-corrected chi connectivity index (χ0v) is 10.4. The van der Waals surface area contributed by atoms with Gasteiger partial charge in [-0.3, -0.25) is 0 Å². The molecule has 1 rings (SSSR count). The highest BCUT2D eigenvalue weighted by molar-refractivity contribution is 7.11. The Balaban J connectivity index is 2.65. The third-order valence-electron chi connectivity index (χ3n) is 2.06. The molecular weight excluding hydrogens is 210 g/mol. The molecule has 1 heterocycles. The highest BCUT2D eigenvalue weighted by Crippen LogP contribution is 2.19. The van der Waals surface area contributed by atoms with Crippen LogP contribution in [0.3, 0.4) is 0 Å². The lowest BCUT2D eigenvalue weighted by molar-refractivity contribution is 0.181. The van der Waals surface area contributed by atoms with Gasteiger partial charge in [0.25, 0.3) is 0 Å². The molecule has 0 aliphatic rings. The van der Waals surface area contributed by atoms with Crippen molar-refractivity contribution >= 4 is 11.3 Å². The van der Waals surface area contributed by atoms with Crippen molar-refractivity contribution in [1.82, 2.24) is 9.88 Å². The zero-order valence-electron chi connectivity index (χ0n) is 9.62. The highest BCUT2D eigenvalue weighted by Gasteiger charge is 2.09. The summed E-state index contributed by atoms with van der Waals surface area (Å²) in [6.07, 6.45) is 0.981. The van der Waals surface area contributed by atoms with Crippen molar-refractivity contribution in [3.8, 4) is 0 Å². The molecule has 0 radical (unpaired) electrons. The summed E-state index contributed by atoms with van der Waals surface area (Å²) in [6.45, 7) is 2.13. The third kappa shape index (κ3) is 3.87. The van der Waals surface area contributed by atoms with Crippen LogP contribution in [0.15, 0.2) is 0 Å². The van der Waals surface area contributed by atoms with E-state index in [2.05, 4.69) is 24.0 Å². The van der Waals surface area contributed by atoms with Gasteiger partial charge in [-0.25, -0.2) is 4.98 Å². The molecule has 0 saturated heterocycles. The minimum absolute atomic E-state index is 0.554. The van der Waals surface area contributed by atoms with E-state index in [1.807, 2.05) is 0 Å². The van der Waals surface area contributed by atoms with E-state index in [1.54, 1.807) is 18.4 Å². The van der Waals surface area contributed by atoms with Crippen molar-refractivity contribution < 1.29 is 4.74 Å². The number of nitrogens with two attached hydrogens (primary N) is 1. The Kier molecular flexibility index (Phi) is 5.17. The van der Waals surface area contributed by atoms with E-state index < -0.39 is 0 Å². The van der Waals surface area contributed by atoms with Gasteiger partial charge in [0.15, 0.2) is 0 Å². The zero-order chi connectivity index (χ0) is 11.3. The minimum atomic E-state index is 0.554. The van der Waals surface area contributed by atoms with E-state index in [0.717, 1.165) is 28.5 Å². The molecule has 2 N–H and O–H groups in total. The van der Waals surface area contributed by atoms with Crippen molar-refractivity contribution in [1.29, 1.82) is 0 Å². The maximum Gasteiger partial charge on any atom is 0.0945 e. The normalized spacial score (nSPS) is 11.3. The third-order valence-corrected chi connectivity index (χ3v) is 3.24. The van der Waals surface area contributed by atoms with Crippen LogP contribution in [0, 0.1) is 0 Å². The topological polar surface area (TPSA) is 51.4 Å². The molecule has 0 spiro atoms. The summed E-state index contributed by atoms with van der Waals surface area (Å²) in [5, 5.41) is 1.15. The second-order valence-corrected chi connectivity index (χ2v) is 4.84. The van der Waals surface area contributed by atoms with Crippen LogP contribution in [-0.4, -0.2) is 37.6 Å². The van der Waals surface area contributed by atoms with E-state index in [0.29, 0.717) is 13.2 Å². The fraction of sp³-hybridized carbons (Fsp3) is 0.700. The molecule has 0 aromatic carbocycles. The van der Waals surface area contributed by atoms with Crippen LogP contribution in [0.25, 0.3) is 0 Å². The van der Waals surface area contributed by atoms with Crippen LogP contribution >= 0.6 is 11.3 Å². The van der Waals surface area contributed by atoms with Crippen LogP contribution in [0.2, 0.25) is 0 Å². The van der Waals surface area contributed by atoms with Gasteiger partial charge in [-0.2, -0.15) is 0 Å². The van der Waals surface area contributed by atoms with E-state index in [-0.39, 0.29) is 0 Å². The summed E-state index contributed by atoms with van der Waals surface area (Å²) in [5.41, 5.74) is 6.65. The Hall–Kier alpha value is -0.490. The predicted octanol–water partition coefficient (Wildman–Crippen LogP) is 0.852. The van der Waals surface area contributed by atoms with E-state index in [9.17, 15) is 0 Å². The molecule has 0 aliphatic heterocycles. The van der Waals surface area contributed by atoms with Crippen molar-refractivity contribution in [3.63, 3.8) is 0 Å². The van der Waals surface area contributed by atoms with Crippen molar-refractivity contribution in [2.24, 2.45) is 5.73 Å². The SMILES string of the molecule is COCc1nc(CCN(C)C)sc1CN. The molecule has 1 aromatic heterocycles. The molecule has 15 heavy (non-hydrogen) atoms. The highest BCUT2D eigenvalue weighted by atomic mass is 32.1. The summed E-state index contributed by atoms with van der Waals surface area (Å²) in [6, 6.07) is 0. The number of methoxy groups -OCH3 is 1. The summed E-state index contributed by atoms with van der Waals surface area (Å²) in [7, 11) is 5.81. The van der Waals surface area contributed by atoms with E-state index >= 15 is 0 Å². The Labute approximate surface area is 95.1 Å². The Bertz CT molecular complexity index is 299. The first-order valence-electron chi connectivity index (χ1n) is 4.98. The van der Waals surface area contributed by atoms with Gasteiger partial charge in [0.2, 0.25) is 0 Å². The van der Waals surface area contributed by atoms with Crippen LogP contribution in [0.1, 0.15) is 15.6 Å². The lowest BCUT2D eigenvalue weighted by Gasteiger charge is -2.06. The number of nitrogens with zero attached hydrogens (tertiary/aromatic N) is 2. The van der Waals surface area contributed by atoms with Crippen LogP contribution in [0.5, 0.6) is 0 Å². The van der Waals surface area contributed by atoms with Gasteiger partial charge < -0.3 is 15.4 Å². The van der Waals surface area contributed by atoms with E-state index in [4.69, 9.17) is 10.5 Å². The molecule has 0 saturated carbocycles. The fourth-order valence-electron chi connectivity index (χ4n) is 1.27. The molecule has 0 atom stereocenters. The number of ether oxygens (including phenoxy) is 1. The number of aromatic nitrogens is 1. The Morgan fingerprint density at radius 2 is 2.20 bits per heavy atom. The molecule has 0 aliphatic carbocycles. The molecule has 0 fully saturated rings. The average Bonchev–Trinajstić information content (AvgIpc) is 2.58. The number of hydrogen-bond acceptors (Lipinski definition) is 5. The Morgan fingerprint density at radius 3 is 2.73 bits per heavy atom. The van der Waals surface area contributed by atoms with Gasteiger partial charge in [0, 0.05) is 31.5 Å². The second kappa shape index (κ2) is 6.17. The van der Waals surface area contributed by atoms with Crippen LogP contribution in [0.4, 0.5) is 0 Å². The molecule has 1 aromatic rings. The second-order valence-electron chi connectivity index (χ2n) is 3.67. The number of hydrogen-bond donors (Lipinski definition) is 1. The van der Waals surface area contributed by atoms with Gasteiger partial charge >= 0.3 is 0 Å². The standard InChI is InChI=1S/C10H19N3OS/c1-13(2)5-4-10-12-8(7-14-3)9(6-11)15-10/h4-7,11H2,1-3H3. The summed E-state index contributed by atoms with van der Waals surface area (Å²) >= 11 is 1.70. The van der Waals surface area contributed by atoms with Crippen molar-refractivity contribution in [3.05, 3.63) is 15.6 Å². The lowest BCUT2D eigenvalue weighted by Crippen LogP contribution is -2.14. The lowest BCUT2D eigenvalue weighted by atomic mass is 10.3. The molecule has 0 unspecified atom stereocenters. The average molecular weight is 229 g/mol. The number of rotatable bonds is 6. The monoisotopic (exact) mass is 229 g/mol. The van der Waals surface area contributed by atoms with Gasteiger partial charge in [-0.05, 0) is 14.1 Å². The predicted molar refractivity (Wildman–Crippen MR) is 63.0 cm³/mol. The van der Waals surface area contributed by atoms with Gasteiger partial charge in [0.05, 0.1) is 17.3 Å². The van der Waals surface area contributed by atoms with Crippen LogP contribution < -0.4 is 5.73 Å². The first-order chi connectivity index (χ1) is 7.17. The fourth-order valence-corrected chi connectivity index (χ4v) is 2.21. The smallest absolute Gasteiger partial charge is 0.0945 e. The molecular formula is C10H19N3OS. The molecule has 0 amide bonds. The maximum atomic E-state index is 5.65. The maximum absolute atomic E-state index is 5.65. The van der Waals surface area contributed by atoms with Gasteiger partial charge in [0.1, 0.15) is 0 Å². The van der Waals surface area contributed by atoms with Crippen molar-refractivity contribution in [2.75, 3.05) is 27.7 Å². The van der Waals surface area contributed by atoms with E-state index in [1.165, 1.54) is 0 Å². The first-order valence-corrected chi connectivity index (χ1v) is 5.80. The summed E-state index contributed by atoms with van der Waals surface area (Å²) < 4.78 is 5.09. The number of likely N-dealkylation sites (N-methyl/N-ethyl adjacent to an activating group) is 1. The summed E-state index contributed by atoms with van der Waals surface area (Å²) in [4.78, 5) is 7.83. The first kappa shape index (κ1) is 12.6. The quantitative estimate of drug-likeness (QED) is 0.786. The molecule has 86 valence electrons. The van der Waals surface area contributed by atoms with Gasteiger partial charge in [-0.15, -0.1) is 11.3 Å². The summed E-state index contributed by atoms with van der Waals surface area (Å²) in [5.74, 6) is 0. The molecule has 4 nitrogen and oxygen atoms in total. The molecule has 5 heteroatoms. The van der Waals surface area contributed by atoms with Crippen molar-refractivity contribution in [2.45, 2.75) is 19.6 Å². The minimum Gasteiger partial charge on any atom is -0.378 e. The molecule has 0 bridgehead atoms. The number of thiazole rings is 1. The Morgan fingerprint density at radius 1 is 1.47 bits per heavy atom. The van der Waals surface area contributed by atoms with Crippen LogP contribution in [-0.2, 0) is 24.3 Å².